The van der Waals surface area contributed by atoms with Gasteiger partial charge in [0.25, 0.3) is 6.47 Å². The minimum Gasteiger partial charge on any atom is -0.477 e. The third-order valence-electron chi connectivity index (χ3n) is 4.84. The summed E-state index contributed by atoms with van der Waals surface area (Å²) in [6.07, 6.45) is 2.78. The van der Waals surface area contributed by atoms with Crippen LogP contribution in [0.1, 0.15) is 16.7 Å². The van der Waals surface area contributed by atoms with Crippen LogP contribution in [0.15, 0.2) is 84.1 Å². The van der Waals surface area contributed by atoms with Gasteiger partial charge in [0, 0.05) is 17.1 Å². The smallest absolute Gasteiger partial charge is 0.346 e. The van der Waals surface area contributed by atoms with Gasteiger partial charge in [-0.1, -0.05) is 42.0 Å². The molecule has 0 heterocycles. The maximum Gasteiger partial charge on any atom is 0.346 e. The highest BCUT2D eigenvalue weighted by atomic mass is 16.5. The molecular weight excluding hydrogens is 430 g/mol. The number of aliphatic carboxylic acids is 1. The van der Waals surface area contributed by atoms with Gasteiger partial charge in [-0.25, -0.2) is 4.79 Å². The first-order chi connectivity index (χ1) is 16.4. The van der Waals surface area contributed by atoms with E-state index in [0.29, 0.717) is 11.1 Å². The molecule has 3 aromatic carbocycles. The summed E-state index contributed by atoms with van der Waals surface area (Å²) < 4.78 is 4.63. The number of carbonyl (C=O) groups excluding carboxylic acids is 1. The van der Waals surface area contributed by atoms with Crippen molar-refractivity contribution in [1.29, 1.82) is 10.5 Å². The van der Waals surface area contributed by atoms with Crippen molar-refractivity contribution in [2.45, 2.75) is 6.92 Å². The third-order valence-corrected chi connectivity index (χ3v) is 4.84. The summed E-state index contributed by atoms with van der Waals surface area (Å²) in [6, 6.07) is 25.9. The first-order valence-electron chi connectivity index (χ1n) is 10.1. The van der Waals surface area contributed by atoms with Gasteiger partial charge in [-0.15, -0.1) is 0 Å². The molecule has 0 unspecified atom stereocenters. The molecule has 0 saturated heterocycles. The lowest BCUT2D eigenvalue weighted by atomic mass is 10.1. The van der Waals surface area contributed by atoms with E-state index in [0.717, 1.165) is 22.6 Å². The van der Waals surface area contributed by atoms with Crippen molar-refractivity contribution in [3.8, 4) is 12.1 Å². The Bertz CT molecular complexity index is 1330. The molecule has 0 amide bonds. The second-order valence-electron chi connectivity index (χ2n) is 7.16. The number of ether oxygens (including phenoxy) is 1. The van der Waals surface area contributed by atoms with Crippen molar-refractivity contribution in [1.82, 2.24) is 0 Å². The zero-order valence-electron chi connectivity index (χ0n) is 18.2. The van der Waals surface area contributed by atoms with Crippen molar-refractivity contribution in [3.05, 3.63) is 101 Å². The van der Waals surface area contributed by atoms with Crippen LogP contribution in [0.2, 0.25) is 0 Å². The molecule has 7 nitrogen and oxygen atoms in total. The fraction of sp³-hybridized carbons (Fsp3) is 0.0370. The van der Waals surface area contributed by atoms with E-state index >= 15 is 0 Å². The summed E-state index contributed by atoms with van der Waals surface area (Å²) in [6.45, 7) is 2.21. The van der Waals surface area contributed by atoms with Crippen LogP contribution in [-0.4, -0.2) is 17.5 Å². The molecule has 0 aromatic heterocycles. The Morgan fingerprint density at radius 1 is 0.824 bits per heavy atom. The highest BCUT2D eigenvalue weighted by molar-refractivity contribution is 5.96. The maximum absolute atomic E-state index is 11.1. The predicted octanol–water partition coefficient (Wildman–Crippen LogP) is 5.49. The topological polar surface area (TPSA) is 114 Å². The Morgan fingerprint density at radius 2 is 1.29 bits per heavy atom. The molecule has 34 heavy (non-hydrogen) atoms. The Hall–Kier alpha value is -5.14. The van der Waals surface area contributed by atoms with E-state index < -0.39 is 5.97 Å². The molecule has 0 aliphatic rings. The molecule has 0 saturated carbocycles. The molecule has 0 fully saturated rings. The minimum atomic E-state index is -1.28. The van der Waals surface area contributed by atoms with E-state index in [1.165, 1.54) is 12.2 Å². The summed E-state index contributed by atoms with van der Waals surface area (Å²) in [5, 5.41) is 27.1. The van der Waals surface area contributed by atoms with Crippen molar-refractivity contribution < 1.29 is 19.4 Å². The summed E-state index contributed by atoms with van der Waals surface area (Å²) >= 11 is 0. The van der Waals surface area contributed by atoms with Crippen LogP contribution in [0, 0.1) is 29.6 Å². The van der Waals surface area contributed by atoms with Crippen molar-refractivity contribution in [2.24, 2.45) is 0 Å². The van der Waals surface area contributed by atoms with Gasteiger partial charge in [-0.05, 0) is 66.6 Å². The lowest BCUT2D eigenvalue weighted by Gasteiger charge is -2.26. The van der Waals surface area contributed by atoms with E-state index in [1.807, 2.05) is 66.4 Å². The van der Waals surface area contributed by atoms with Crippen molar-refractivity contribution in [2.75, 3.05) is 4.90 Å². The number of hydrogen-bond donors (Lipinski definition) is 1. The fourth-order valence-corrected chi connectivity index (χ4v) is 3.18. The van der Waals surface area contributed by atoms with Crippen LogP contribution in [0.4, 0.5) is 17.1 Å². The lowest BCUT2D eigenvalue weighted by molar-refractivity contribution is -0.132. The first-order valence-corrected chi connectivity index (χ1v) is 10.1. The average Bonchev–Trinajstić information content (AvgIpc) is 2.85. The summed E-state index contributed by atoms with van der Waals surface area (Å²) in [5.41, 5.74) is 4.60. The quantitative estimate of drug-likeness (QED) is 0.209. The predicted molar refractivity (Wildman–Crippen MR) is 128 cm³/mol. The Morgan fingerprint density at radius 3 is 1.71 bits per heavy atom. The minimum absolute atomic E-state index is 0.111. The molecule has 0 radical (unpaired) electrons. The first kappa shape index (κ1) is 23.5. The fourth-order valence-electron chi connectivity index (χ4n) is 3.18. The number of rotatable bonds is 8. The number of benzene rings is 3. The molecule has 7 heteroatoms. The van der Waals surface area contributed by atoms with E-state index in [9.17, 15) is 9.59 Å². The largest absolute Gasteiger partial charge is 0.477 e. The molecule has 0 atom stereocenters. The monoisotopic (exact) mass is 449 g/mol. The normalized spacial score (nSPS) is 11.1. The average molecular weight is 449 g/mol. The number of carboxylic acids is 1. The standard InChI is InChI=1S/C27H19N3O4/c1-19-2-8-23(9-3-19)30(24-10-4-20(5-11-24)14-22(16-28)27(32)33)25-12-6-21(7-13-25)15-26(17-29)34-18-31/h2-15,18H,1H3,(H,32,33)/b22-14+,26-15?. The molecule has 1 N–H and O–H groups in total. The molecular formula is C27H19N3O4. The summed E-state index contributed by atoms with van der Waals surface area (Å²) in [5.74, 6) is -1.39. The van der Waals surface area contributed by atoms with Crippen LogP contribution < -0.4 is 4.90 Å². The number of allylic oxidation sites excluding steroid dienone is 1. The Balaban J connectivity index is 2.01. The van der Waals surface area contributed by atoms with Crippen molar-refractivity contribution >= 4 is 41.7 Å². The van der Waals surface area contributed by atoms with Gasteiger partial charge in [-0.3, -0.25) is 4.79 Å². The lowest BCUT2D eigenvalue weighted by Crippen LogP contribution is -2.09. The van der Waals surface area contributed by atoms with E-state index in [1.54, 1.807) is 30.3 Å². The zero-order valence-corrected chi connectivity index (χ0v) is 18.2. The summed E-state index contributed by atoms with van der Waals surface area (Å²) in [7, 11) is 0. The van der Waals surface area contributed by atoms with Crippen molar-refractivity contribution in [3.63, 3.8) is 0 Å². The van der Waals surface area contributed by atoms with Crippen LogP contribution in [0.3, 0.4) is 0 Å². The molecule has 0 aliphatic carbocycles. The molecule has 0 aliphatic heterocycles. The molecule has 0 bridgehead atoms. The maximum atomic E-state index is 11.1. The number of anilines is 3. The van der Waals surface area contributed by atoms with Gasteiger partial charge in [0.15, 0.2) is 0 Å². The number of nitriles is 2. The van der Waals surface area contributed by atoms with E-state index in [2.05, 4.69) is 4.74 Å². The number of hydrogen-bond acceptors (Lipinski definition) is 6. The van der Waals surface area contributed by atoms with Gasteiger partial charge in [0.05, 0.1) is 0 Å². The Labute approximate surface area is 196 Å². The van der Waals surface area contributed by atoms with Gasteiger partial charge >= 0.3 is 5.97 Å². The van der Waals surface area contributed by atoms with Gasteiger partial charge in [-0.2, -0.15) is 10.5 Å². The molecule has 3 rings (SSSR count). The zero-order chi connectivity index (χ0) is 24.5. The molecule has 166 valence electrons. The second kappa shape index (κ2) is 10.9. The van der Waals surface area contributed by atoms with Crippen LogP contribution in [0.25, 0.3) is 12.2 Å². The Kier molecular flexibility index (Phi) is 7.57. The molecule has 3 aromatic rings. The highest BCUT2D eigenvalue weighted by Crippen LogP contribution is 2.35. The van der Waals surface area contributed by atoms with E-state index in [4.69, 9.17) is 15.6 Å². The SMILES string of the molecule is Cc1ccc(N(c2ccc(C=C(C#N)OC=O)cc2)c2ccc(/C=C(\C#N)C(=O)O)cc2)cc1. The van der Waals surface area contributed by atoms with Gasteiger partial charge in [0.1, 0.15) is 17.7 Å². The van der Waals surface area contributed by atoms with Crippen LogP contribution in [0.5, 0.6) is 0 Å². The van der Waals surface area contributed by atoms with Crippen LogP contribution in [-0.2, 0) is 14.3 Å². The number of carboxylic acid groups (broad SMARTS) is 1. The number of aryl methyl sites for hydroxylation is 1. The summed E-state index contributed by atoms with van der Waals surface area (Å²) in [4.78, 5) is 23.6. The highest BCUT2D eigenvalue weighted by Gasteiger charge is 2.13. The van der Waals surface area contributed by atoms with Crippen LogP contribution >= 0.6 is 0 Å². The van der Waals surface area contributed by atoms with Gasteiger partial charge in [0.2, 0.25) is 5.76 Å². The van der Waals surface area contributed by atoms with E-state index in [-0.39, 0.29) is 17.8 Å². The second-order valence-corrected chi connectivity index (χ2v) is 7.16. The van der Waals surface area contributed by atoms with Gasteiger partial charge < -0.3 is 14.7 Å². The number of nitrogens with zero attached hydrogens (tertiary/aromatic N) is 3. The third kappa shape index (κ3) is 5.76. The number of carbonyl (C=O) groups is 2. The molecule has 0 spiro atoms.